The second-order valence-electron chi connectivity index (χ2n) is 14.3. The number of thiophene rings is 2. The second-order valence-corrected chi connectivity index (χ2v) is 16.6. The number of unbranched alkanes of at least 4 members (excludes halogenated alkanes) is 9. The highest BCUT2D eigenvalue weighted by atomic mass is 32.1. The lowest BCUT2D eigenvalue weighted by Gasteiger charge is -2.30. The fourth-order valence-electron chi connectivity index (χ4n) is 9.34. The van der Waals surface area contributed by atoms with E-state index in [1.165, 1.54) is 111 Å². The number of benzene rings is 2. The van der Waals surface area contributed by atoms with E-state index in [0.717, 1.165) is 55.1 Å². The average molecular weight is 667 g/mol. The van der Waals surface area contributed by atoms with Gasteiger partial charge >= 0.3 is 0 Å². The molecule has 2 aliphatic carbocycles. The van der Waals surface area contributed by atoms with Gasteiger partial charge in [0, 0.05) is 43.3 Å². The number of rotatable bonds is 16. The maximum Gasteiger partial charge on any atom is 0.178 e. The summed E-state index contributed by atoms with van der Waals surface area (Å²) in [7, 11) is 0. The van der Waals surface area contributed by atoms with Crippen molar-refractivity contribution in [2.75, 3.05) is 6.61 Å². The fraction of sp³-hybridized carbons (Fsp3) is 0.535. The maximum absolute atomic E-state index is 6.90. The van der Waals surface area contributed by atoms with Crippen LogP contribution in [0.25, 0.3) is 42.8 Å². The van der Waals surface area contributed by atoms with Crippen molar-refractivity contribution in [1.82, 2.24) is 0 Å². The number of furan rings is 1. The highest BCUT2D eigenvalue weighted by molar-refractivity contribution is 7.21. The van der Waals surface area contributed by atoms with Gasteiger partial charge < -0.3 is 9.15 Å². The van der Waals surface area contributed by atoms with Crippen molar-refractivity contribution < 1.29 is 9.15 Å². The summed E-state index contributed by atoms with van der Waals surface area (Å²) >= 11 is 3.79. The quantitative estimate of drug-likeness (QED) is 0.0978. The topological polar surface area (TPSA) is 22.4 Å². The van der Waals surface area contributed by atoms with Crippen LogP contribution in [-0.2, 0) is 10.8 Å². The van der Waals surface area contributed by atoms with Gasteiger partial charge in [-0.2, -0.15) is 0 Å². The van der Waals surface area contributed by atoms with E-state index in [9.17, 15) is 0 Å². The molecule has 0 aliphatic heterocycles. The summed E-state index contributed by atoms with van der Waals surface area (Å²) in [5.74, 6) is 1.11. The smallest absolute Gasteiger partial charge is 0.178 e. The zero-order valence-electron chi connectivity index (χ0n) is 29.7. The second kappa shape index (κ2) is 13.4. The molecule has 0 unspecified atom stereocenters. The average Bonchev–Trinajstić information content (AvgIpc) is 3.86. The minimum Gasteiger partial charge on any atom is -0.484 e. The molecule has 3 heterocycles. The Balaban J connectivity index is 1.17. The Hall–Kier alpha value is -2.56. The van der Waals surface area contributed by atoms with Crippen LogP contribution in [0.4, 0.5) is 0 Å². The molecule has 47 heavy (non-hydrogen) atoms. The van der Waals surface area contributed by atoms with E-state index in [4.69, 9.17) is 9.15 Å². The van der Waals surface area contributed by atoms with Crippen molar-refractivity contribution in [2.24, 2.45) is 0 Å². The van der Waals surface area contributed by atoms with Gasteiger partial charge in [-0.1, -0.05) is 128 Å². The Morgan fingerprint density at radius 1 is 0.638 bits per heavy atom. The summed E-state index contributed by atoms with van der Waals surface area (Å²) < 4.78 is 14.5. The molecule has 5 aromatic rings. The van der Waals surface area contributed by atoms with E-state index in [0.29, 0.717) is 0 Å². The number of fused-ring (bicyclic) bond motifs is 11. The predicted octanol–water partition coefficient (Wildman–Crippen LogP) is 14.5. The Morgan fingerprint density at radius 2 is 1.23 bits per heavy atom. The number of aryl methyl sites for hydroxylation is 1. The van der Waals surface area contributed by atoms with Gasteiger partial charge in [0.15, 0.2) is 5.06 Å². The zero-order valence-corrected chi connectivity index (χ0v) is 31.3. The van der Waals surface area contributed by atoms with Crippen LogP contribution in [0.15, 0.2) is 40.8 Å². The molecule has 0 saturated heterocycles. The third-order valence-electron chi connectivity index (χ3n) is 12.0. The van der Waals surface area contributed by atoms with Crippen LogP contribution in [0, 0.1) is 6.92 Å². The van der Waals surface area contributed by atoms with Crippen LogP contribution in [0.3, 0.4) is 0 Å². The SMILES string of the molecule is CCCCCCCCCCCCOc1cc2oc3c(c2s1)C(CC)(CC)c1ccc2c4c(ccc2c1-3)C(CC)(CC)c1cc(C)sc1-4. The molecule has 0 radical (unpaired) electrons. The van der Waals surface area contributed by atoms with Crippen LogP contribution < -0.4 is 4.74 Å². The molecule has 7 rings (SSSR count). The molecule has 2 aliphatic rings. The van der Waals surface area contributed by atoms with E-state index >= 15 is 0 Å². The molecule has 2 aromatic carbocycles. The van der Waals surface area contributed by atoms with Crippen molar-refractivity contribution >= 4 is 43.7 Å². The Labute approximate surface area is 290 Å². The van der Waals surface area contributed by atoms with Crippen LogP contribution in [0.2, 0.25) is 0 Å². The molecular weight excluding hydrogens is 613 g/mol. The highest BCUT2D eigenvalue weighted by Gasteiger charge is 2.48. The summed E-state index contributed by atoms with van der Waals surface area (Å²) in [5.41, 5.74) is 9.81. The van der Waals surface area contributed by atoms with E-state index < -0.39 is 0 Å². The molecule has 0 bridgehead atoms. The fourth-order valence-corrected chi connectivity index (χ4v) is 11.6. The first-order chi connectivity index (χ1) is 23.0. The van der Waals surface area contributed by atoms with Crippen LogP contribution in [-0.4, -0.2) is 6.61 Å². The van der Waals surface area contributed by atoms with Crippen molar-refractivity contribution in [2.45, 2.75) is 142 Å². The molecule has 0 N–H and O–H groups in total. The van der Waals surface area contributed by atoms with Gasteiger partial charge in [0.2, 0.25) is 0 Å². The Morgan fingerprint density at radius 3 is 1.87 bits per heavy atom. The molecule has 2 nitrogen and oxygen atoms in total. The predicted molar refractivity (Wildman–Crippen MR) is 205 cm³/mol. The molecule has 250 valence electrons. The van der Waals surface area contributed by atoms with Crippen molar-refractivity contribution in [3.05, 3.63) is 63.5 Å². The molecule has 0 saturated carbocycles. The van der Waals surface area contributed by atoms with Crippen LogP contribution in [0.5, 0.6) is 5.06 Å². The van der Waals surface area contributed by atoms with Crippen molar-refractivity contribution in [1.29, 1.82) is 0 Å². The van der Waals surface area contributed by atoms with Crippen LogP contribution >= 0.6 is 22.7 Å². The number of hydrogen-bond acceptors (Lipinski definition) is 4. The molecule has 0 spiro atoms. The van der Waals surface area contributed by atoms with E-state index in [1.807, 2.05) is 11.3 Å². The minimum absolute atomic E-state index is 0.0386. The third kappa shape index (κ3) is 5.14. The first kappa shape index (κ1) is 33.0. The summed E-state index contributed by atoms with van der Waals surface area (Å²) in [5, 5.41) is 3.75. The maximum atomic E-state index is 6.90. The molecule has 3 aromatic heterocycles. The number of hydrogen-bond donors (Lipinski definition) is 0. The molecule has 0 amide bonds. The minimum atomic E-state index is -0.0386. The van der Waals surface area contributed by atoms with Gasteiger partial charge in [-0.15, -0.1) is 11.3 Å². The van der Waals surface area contributed by atoms with Gasteiger partial charge in [0.1, 0.15) is 11.3 Å². The highest BCUT2D eigenvalue weighted by Crippen LogP contribution is 2.62. The zero-order chi connectivity index (χ0) is 32.8. The van der Waals surface area contributed by atoms with Gasteiger partial charge in [0.25, 0.3) is 0 Å². The largest absolute Gasteiger partial charge is 0.484 e. The lowest BCUT2D eigenvalue weighted by molar-refractivity contribution is 0.312. The summed E-state index contributed by atoms with van der Waals surface area (Å²) in [6.07, 6.45) is 17.8. The summed E-state index contributed by atoms with van der Waals surface area (Å²) in [6, 6.07) is 14.5. The van der Waals surface area contributed by atoms with E-state index in [-0.39, 0.29) is 10.8 Å². The third-order valence-corrected chi connectivity index (χ3v) is 14.1. The van der Waals surface area contributed by atoms with Gasteiger partial charge in [0.05, 0.1) is 11.3 Å². The Bertz CT molecular complexity index is 1870. The van der Waals surface area contributed by atoms with Gasteiger partial charge in [-0.05, 0) is 72.6 Å². The summed E-state index contributed by atoms with van der Waals surface area (Å²) in [6.45, 7) is 14.8. The molecular formula is C43H54O2S2. The van der Waals surface area contributed by atoms with Crippen molar-refractivity contribution in [3.8, 4) is 26.8 Å². The molecule has 0 fully saturated rings. The molecule has 4 heteroatoms. The van der Waals surface area contributed by atoms with E-state index in [1.54, 1.807) is 16.9 Å². The van der Waals surface area contributed by atoms with Crippen molar-refractivity contribution in [3.63, 3.8) is 0 Å². The Kier molecular flexibility index (Phi) is 9.39. The first-order valence-corrected chi connectivity index (χ1v) is 20.5. The normalized spacial score (nSPS) is 15.4. The van der Waals surface area contributed by atoms with Gasteiger partial charge in [-0.3, -0.25) is 0 Å². The molecule has 0 atom stereocenters. The lowest BCUT2D eigenvalue weighted by Crippen LogP contribution is -2.23. The standard InChI is InChI=1S/C43H54O2S2/c1-7-12-13-14-15-16-17-18-19-20-25-44-35-27-34-41(47-35)38-39(45-34)36-29-21-24-32-37(30(29)22-23-31(36)43(38,10-4)11-5)40-33(26-28(6)46-40)42(32,8-2)9-3/h21-24,26-27H,7-20,25H2,1-6H3. The van der Waals surface area contributed by atoms with E-state index in [2.05, 4.69) is 77.9 Å². The lowest BCUT2D eigenvalue weighted by atomic mass is 9.73. The monoisotopic (exact) mass is 666 g/mol. The van der Waals surface area contributed by atoms with Gasteiger partial charge in [-0.25, -0.2) is 0 Å². The first-order valence-electron chi connectivity index (χ1n) is 18.9. The van der Waals surface area contributed by atoms with Crippen LogP contribution in [0.1, 0.15) is 152 Å². The summed E-state index contributed by atoms with van der Waals surface area (Å²) in [4.78, 5) is 2.91. The number of ether oxygens (including phenoxy) is 1.